The molecule has 1 N–H and O–H groups in total. The van der Waals surface area contributed by atoms with Gasteiger partial charge < -0.3 is 4.43 Å². The zero-order chi connectivity index (χ0) is 23.5. The fourth-order valence-electron chi connectivity index (χ4n) is 7.40. The van der Waals surface area contributed by atoms with Crippen LogP contribution in [0.5, 0.6) is 0 Å². The third-order valence-corrected chi connectivity index (χ3v) is 15.1. The topological polar surface area (TPSA) is 67.8 Å². The van der Waals surface area contributed by atoms with Crippen molar-refractivity contribution in [2.75, 3.05) is 0 Å². The third kappa shape index (κ3) is 4.04. The summed E-state index contributed by atoms with van der Waals surface area (Å²) in [5.74, 6) is 2.04. The van der Waals surface area contributed by atoms with Crippen molar-refractivity contribution in [3.63, 3.8) is 0 Å². The molecule has 0 aromatic carbocycles. The van der Waals surface area contributed by atoms with Gasteiger partial charge in [-0.3, -0.25) is 0 Å². The number of hydrogen-bond acceptors (Lipinski definition) is 4. The van der Waals surface area contributed by atoms with Gasteiger partial charge in [0.1, 0.15) is 0 Å². The molecule has 3 fully saturated rings. The van der Waals surface area contributed by atoms with Crippen molar-refractivity contribution in [2.45, 2.75) is 110 Å². The molecular weight excluding hydrogens is 436 g/mol. The highest BCUT2D eigenvalue weighted by atomic mass is 32.2. The molecule has 4 aliphatic rings. The molecule has 6 atom stereocenters. The Kier molecular flexibility index (Phi) is 6.29. The van der Waals surface area contributed by atoms with Crippen LogP contribution in [0.4, 0.5) is 0 Å². The first-order chi connectivity index (χ1) is 14.8. The van der Waals surface area contributed by atoms with E-state index in [2.05, 4.69) is 63.7 Å². The van der Waals surface area contributed by atoms with Crippen LogP contribution in [0.1, 0.15) is 86.0 Å². The van der Waals surface area contributed by atoms with E-state index >= 15 is 0 Å². The largest absolute Gasteiger partial charge is 0.414 e. The highest BCUT2D eigenvalue weighted by molar-refractivity contribution is 7.70. The SMILES string of the molecule is CC(C)(C)[Si](C)(C)O[C@H]1CC[C@@]2(C)C(=CCC3C2CC[C@]2(C)/C(=N\N[SH](=O)=O)CCC32)C1. The summed E-state index contributed by atoms with van der Waals surface area (Å²) < 4.78 is 28.9. The summed E-state index contributed by atoms with van der Waals surface area (Å²) in [6.07, 6.45) is 12.1. The van der Waals surface area contributed by atoms with Gasteiger partial charge in [0.25, 0.3) is 0 Å². The lowest BCUT2D eigenvalue weighted by molar-refractivity contribution is -0.0194. The molecule has 0 bridgehead atoms. The number of hydrazone groups is 1. The third-order valence-electron chi connectivity index (χ3n) is 10.3. The number of hydrogen-bond donors (Lipinski definition) is 2. The molecule has 3 unspecified atom stereocenters. The second kappa shape index (κ2) is 8.23. The van der Waals surface area contributed by atoms with Crippen LogP contribution >= 0.6 is 0 Å². The number of thiol groups is 1. The average Bonchev–Trinajstić information content (AvgIpc) is 3.02. The molecule has 0 aromatic rings. The summed E-state index contributed by atoms with van der Waals surface area (Å²) >= 11 is 0. The van der Waals surface area contributed by atoms with Gasteiger partial charge >= 0.3 is 0 Å². The Balaban J connectivity index is 1.52. The minimum atomic E-state index is -2.68. The second-order valence-electron chi connectivity index (χ2n) is 12.9. The minimum Gasteiger partial charge on any atom is -0.414 e. The van der Waals surface area contributed by atoms with Gasteiger partial charge in [0.2, 0.25) is 10.9 Å². The van der Waals surface area contributed by atoms with E-state index in [4.69, 9.17) is 4.43 Å². The molecule has 0 saturated heterocycles. The van der Waals surface area contributed by atoms with Crippen LogP contribution in [-0.4, -0.2) is 28.6 Å². The first kappa shape index (κ1) is 24.5. The van der Waals surface area contributed by atoms with Crippen molar-refractivity contribution in [1.82, 2.24) is 4.83 Å². The normalized spacial score (nSPS) is 41.1. The zero-order valence-corrected chi connectivity index (χ0v) is 23.1. The summed E-state index contributed by atoms with van der Waals surface area (Å²) in [6, 6.07) is 0. The molecular formula is C25H44N2O3SSi. The zero-order valence-electron chi connectivity index (χ0n) is 21.2. The number of nitrogens with zero attached hydrogens (tertiary/aromatic N) is 1. The highest BCUT2D eigenvalue weighted by Gasteiger charge is 2.58. The first-order valence-corrected chi connectivity index (χ1v) is 16.7. The highest BCUT2D eigenvalue weighted by Crippen LogP contribution is 2.64. The lowest BCUT2D eigenvalue weighted by atomic mass is 9.48. The fraction of sp³-hybridized carbons (Fsp3) is 0.880. The van der Waals surface area contributed by atoms with Crippen molar-refractivity contribution >= 4 is 24.9 Å². The van der Waals surface area contributed by atoms with Crippen molar-refractivity contribution in [1.29, 1.82) is 0 Å². The molecule has 5 nitrogen and oxygen atoms in total. The number of nitrogens with one attached hydrogen (secondary N) is 1. The van der Waals surface area contributed by atoms with Crippen LogP contribution in [0.25, 0.3) is 0 Å². The van der Waals surface area contributed by atoms with Crippen LogP contribution < -0.4 is 4.83 Å². The quantitative estimate of drug-likeness (QED) is 0.231. The van der Waals surface area contributed by atoms with Crippen molar-refractivity contribution in [3.8, 4) is 0 Å². The van der Waals surface area contributed by atoms with Gasteiger partial charge in [-0.2, -0.15) is 5.10 Å². The molecule has 7 heteroatoms. The van der Waals surface area contributed by atoms with Crippen molar-refractivity contribution in [3.05, 3.63) is 11.6 Å². The van der Waals surface area contributed by atoms with Gasteiger partial charge in [0, 0.05) is 17.2 Å². The van der Waals surface area contributed by atoms with E-state index in [1.807, 2.05) is 0 Å². The van der Waals surface area contributed by atoms with Crippen molar-refractivity contribution < 1.29 is 12.8 Å². The van der Waals surface area contributed by atoms with Gasteiger partial charge in [-0.1, -0.05) is 46.3 Å². The summed E-state index contributed by atoms with van der Waals surface area (Å²) in [6.45, 7) is 16.6. The van der Waals surface area contributed by atoms with Gasteiger partial charge in [-0.05, 0) is 92.7 Å². The molecule has 0 spiro atoms. The number of fused-ring (bicyclic) bond motifs is 5. The Labute approximate surface area is 198 Å². The predicted molar refractivity (Wildman–Crippen MR) is 135 cm³/mol. The Morgan fingerprint density at radius 1 is 1.09 bits per heavy atom. The monoisotopic (exact) mass is 480 g/mol. The van der Waals surface area contributed by atoms with Crippen LogP contribution in [0.3, 0.4) is 0 Å². The van der Waals surface area contributed by atoms with Gasteiger partial charge in [-0.25, -0.2) is 13.2 Å². The van der Waals surface area contributed by atoms with Crippen LogP contribution in [0.2, 0.25) is 18.1 Å². The van der Waals surface area contributed by atoms with E-state index in [-0.39, 0.29) is 10.5 Å². The molecule has 0 aliphatic heterocycles. The summed E-state index contributed by atoms with van der Waals surface area (Å²) in [5.41, 5.74) is 3.08. The molecule has 32 heavy (non-hydrogen) atoms. The number of rotatable bonds is 4. The van der Waals surface area contributed by atoms with Gasteiger partial charge in [0.05, 0.1) is 0 Å². The van der Waals surface area contributed by atoms with Gasteiger partial charge in [0.15, 0.2) is 8.32 Å². The van der Waals surface area contributed by atoms with E-state index in [1.165, 1.54) is 25.7 Å². The van der Waals surface area contributed by atoms with Gasteiger partial charge in [-0.15, -0.1) is 0 Å². The van der Waals surface area contributed by atoms with Crippen molar-refractivity contribution in [2.24, 2.45) is 33.7 Å². The standard InChI is InChI=1S/C25H44N2O3SSi/c1-23(2,3)32(6,7)30-18-12-14-24(4)17(16-18)8-9-19-20-10-11-22(26-27-31(28)29)25(20,5)15-13-21(19)24/h8,18-21,31H,9-16H2,1-7H3,(H,27,28,29)/b26-22-/t18-,19?,20?,21?,24-,25-/m0/s1. The Hall–Kier alpha value is -0.663. The molecule has 0 heterocycles. The average molecular weight is 481 g/mol. The van der Waals surface area contributed by atoms with E-state index < -0.39 is 19.2 Å². The maximum atomic E-state index is 11.0. The first-order valence-electron chi connectivity index (χ1n) is 12.6. The number of allylic oxidation sites excluding steroid dienone is 1. The lowest BCUT2D eigenvalue weighted by Crippen LogP contribution is -2.52. The minimum absolute atomic E-state index is 0.0455. The maximum absolute atomic E-state index is 11.0. The summed E-state index contributed by atoms with van der Waals surface area (Å²) in [5, 5.41) is 4.57. The van der Waals surface area contributed by atoms with Crippen LogP contribution in [0, 0.1) is 28.6 Å². The van der Waals surface area contributed by atoms with E-state index in [1.54, 1.807) is 5.57 Å². The smallest absolute Gasteiger partial charge is 0.237 e. The second-order valence-corrected chi connectivity index (χ2v) is 18.4. The van der Waals surface area contributed by atoms with Crippen LogP contribution in [-0.2, 0) is 15.3 Å². The lowest BCUT2D eigenvalue weighted by Gasteiger charge is -2.57. The van der Waals surface area contributed by atoms with E-state index in [0.29, 0.717) is 23.4 Å². The Morgan fingerprint density at radius 2 is 1.75 bits per heavy atom. The molecule has 0 aromatic heterocycles. The van der Waals surface area contributed by atoms with Crippen LogP contribution in [0.15, 0.2) is 16.8 Å². The predicted octanol–water partition coefficient (Wildman–Crippen LogP) is 5.81. The maximum Gasteiger partial charge on any atom is 0.237 e. The van der Waals surface area contributed by atoms with E-state index in [9.17, 15) is 8.42 Å². The Morgan fingerprint density at radius 3 is 2.41 bits per heavy atom. The van der Waals surface area contributed by atoms with E-state index in [0.717, 1.165) is 37.3 Å². The summed E-state index contributed by atoms with van der Waals surface area (Å²) in [4.78, 5) is 2.32. The summed E-state index contributed by atoms with van der Waals surface area (Å²) in [7, 11) is -4.42. The molecule has 182 valence electrons. The molecule has 4 aliphatic carbocycles. The molecule has 4 rings (SSSR count). The molecule has 0 amide bonds. The molecule has 0 radical (unpaired) electrons. The molecule has 3 saturated carbocycles. The fourth-order valence-corrected chi connectivity index (χ4v) is 8.99. The Bertz CT molecular complexity index is 882.